The number of amides is 1. The normalized spacial score (nSPS) is 9.56. The first-order valence-corrected chi connectivity index (χ1v) is 5.01. The third-order valence-electron chi connectivity index (χ3n) is 2.01. The van der Waals surface area contributed by atoms with Gasteiger partial charge < -0.3 is 5.32 Å². The van der Waals surface area contributed by atoms with Gasteiger partial charge in [0.05, 0.1) is 0 Å². The van der Waals surface area contributed by atoms with Gasteiger partial charge in [-0.3, -0.25) is 9.59 Å². The minimum Gasteiger partial charge on any atom is -0.311 e. The van der Waals surface area contributed by atoms with E-state index in [1.54, 1.807) is 18.2 Å². The molecule has 0 aliphatic rings. The van der Waals surface area contributed by atoms with Crippen LogP contribution in [0.2, 0.25) is 0 Å². The molecule has 0 atom stereocenters. The summed E-state index contributed by atoms with van der Waals surface area (Å²) < 4.78 is 0. The molecule has 4 nitrogen and oxygen atoms in total. The summed E-state index contributed by atoms with van der Waals surface area (Å²) in [7, 11) is 0. The Hall–Kier alpha value is -1.97. The number of aromatic nitrogens is 1. The zero-order valence-electron chi connectivity index (χ0n) is 9.19. The molecule has 1 aromatic rings. The van der Waals surface area contributed by atoms with Crippen molar-refractivity contribution in [1.82, 2.24) is 4.98 Å². The van der Waals surface area contributed by atoms with Crippen molar-refractivity contribution in [2.24, 2.45) is 0 Å². The standard InChI is InChI=1S/C12H14N2O2/c1-3-4-5-12(16)14-11-7-6-10(8-13-11)9(2)15/h3,6-8H,1,4-5H2,2H3,(H,13,14,16). The molecule has 1 N–H and O–H groups in total. The highest BCUT2D eigenvalue weighted by molar-refractivity contribution is 5.94. The number of anilines is 1. The quantitative estimate of drug-likeness (QED) is 0.608. The Bertz CT molecular complexity index is 396. The molecule has 0 fully saturated rings. The van der Waals surface area contributed by atoms with Gasteiger partial charge in [-0.2, -0.15) is 0 Å². The summed E-state index contributed by atoms with van der Waals surface area (Å²) in [5, 5.41) is 2.63. The van der Waals surface area contributed by atoms with Crippen LogP contribution in [-0.2, 0) is 4.79 Å². The van der Waals surface area contributed by atoms with E-state index in [-0.39, 0.29) is 11.7 Å². The Labute approximate surface area is 94.4 Å². The van der Waals surface area contributed by atoms with Gasteiger partial charge in [0, 0.05) is 18.2 Å². The van der Waals surface area contributed by atoms with E-state index in [9.17, 15) is 9.59 Å². The summed E-state index contributed by atoms with van der Waals surface area (Å²) in [6.45, 7) is 5.01. The van der Waals surface area contributed by atoms with Crippen molar-refractivity contribution >= 4 is 17.5 Å². The van der Waals surface area contributed by atoms with Crippen molar-refractivity contribution < 1.29 is 9.59 Å². The van der Waals surface area contributed by atoms with Crippen molar-refractivity contribution in [2.45, 2.75) is 19.8 Å². The van der Waals surface area contributed by atoms with Crippen molar-refractivity contribution in [2.75, 3.05) is 5.32 Å². The van der Waals surface area contributed by atoms with Gasteiger partial charge in [-0.1, -0.05) is 6.08 Å². The van der Waals surface area contributed by atoms with Crippen LogP contribution in [0.25, 0.3) is 0 Å². The average molecular weight is 218 g/mol. The van der Waals surface area contributed by atoms with Gasteiger partial charge in [-0.05, 0) is 25.5 Å². The predicted octanol–water partition coefficient (Wildman–Crippen LogP) is 2.19. The van der Waals surface area contributed by atoms with Crippen LogP contribution < -0.4 is 5.32 Å². The number of Topliss-reactive ketones (excluding diaryl/α,β-unsaturated/α-hetero) is 1. The van der Waals surface area contributed by atoms with Crippen LogP contribution >= 0.6 is 0 Å². The number of hydrogen-bond acceptors (Lipinski definition) is 3. The van der Waals surface area contributed by atoms with Crippen molar-refractivity contribution in [1.29, 1.82) is 0 Å². The third-order valence-corrected chi connectivity index (χ3v) is 2.01. The Morgan fingerprint density at radius 1 is 1.50 bits per heavy atom. The summed E-state index contributed by atoms with van der Waals surface area (Å²) in [5.74, 6) is 0.305. The number of nitrogens with zero attached hydrogens (tertiary/aromatic N) is 1. The maximum Gasteiger partial charge on any atom is 0.225 e. The molecule has 0 bridgehead atoms. The first kappa shape index (κ1) is 12.1. The van der Waals surface area contributed by atoms with Gasteiger partial charge in [0.15, 0.2) is 5.78 Å². The van der Waals surface area contributed by atoms with E-state index in [1.165, 1.54) is 13.1 Å². The summed E-state index contributed by atoms with van der Waals surface area (Å²) in [5.41, 5.74) is 0.532. The molecule has 0 aliphatic heterocycles. The molecular weight excluding hydrogens is 204 g/mol. The van der Waals surface area contributed by atoms with E-state index < -0.39 is 0 Å². The van der Waals surface area contributed by atoms with Crippen LogP contribution in [0.3, 0.4) is 0 Å². The number of ketones is 1. The minimum absolute atomic E-state index is 0.0444. The fourth-order valence-electron chi connectivity index (χ4n) is 1.11. The Kier molecular flexibility index (Phi) is 4.39. The minimum atomic E-state index is -0.108. The highest BCUT2D eigenvalue weighted by Gasteiger charge is 2.03. The molecule has 0 radical (unpaired) electrons. The second-order valence-electron chi connectivity index (χ2n) is 3.36. The molecule has 0 spiro atoms. The van der Waals surface area contributed by atoms with Gasteiger partial charge in [-0.15, -0.1) is 6.58 Å². The molecule has 0 aliphatic carbocycles. The molecule has 0 unspecified atom stereocenters. The van der Waals surface area contributed by atoms with Crippen LogP contribution in [-0.4, -0.2) is 16.7 Å². The van der Waals surface area contributed by atoms with Crippen molar-refractivity contribution in [3.8, 4) is 0 Å². The molecule has 1 aromatic heterocycles. The second kappa shape index (κ2) is 5.80. The van der Waals surface area contributed by atoms with E-state index in [2.05, 4.69) is 16.9 Å². The number of nitrogens with one attached hydrogen (secondary N) is 1. The fourth-order valence-corrected chi connectivity index (χ4v) is 1.11. The molecule has 0 aromatic carbocycles. The smallest absolute Gasteiger partial charge is 0.225 e. The van der Waals surface area contributed by atoms with Gasteiger partial charge in [0.2, 0.25) is 5.91 Å². The van der Waals surface area contributed by atoms with Crippen LogP contribution in [0.15, 0.2) is 31.0 Å². The molecule has 1 rings (SSSR count). The Morgan fingerprint density at radius 2 is 2.25 bits per heavy atom. The lowest BCUT2D eigenvalue weighted by molar-refractivity contribution is -0.116. The number of allylic oxidation sites excluding steroid dienone is 1. The Balaban J connectivity index is 2.58. The second-order valence-corrected chi connectivity index (χ2v) is 3.36. The lowest BCUT2D eigenvalue weighted by atomic mass is 10.2. The topological polar surface area (TPSA) is 59.1 Å². The number of rotatable bonds is 5. The zero-order valence-corrected chi connectivity index (χ0v) is 9.19. The van der Waals surface area contributed by atoms with Crippen molar-refractivity contribution in [3.63, 3.8) is 0 Å². The molecule has 1 amide bonds. The molecule has 0 saturated heterocycles. The molecule has 16 heavy (non-hydrogen) atoms. The zero-order chi connectivity index (χ0) is 12.0. The lowest BCUT2D eigenvalue weighted by Crippen LogP contribution is -2.12. The number of hydrogen-bond donors (Lipinski definition) is 1. The maximum absolute atomic E-state index is 11.3. The number of carbonyl (C=O) groups is 2. The molecule has 4 heteroatoms. The molecular formula is C12H14N2O2. The van der Waals surface area contributed by atoms with Gasteiger partial charge in [0.1, 0.15) is 5.82 Å². The molecule has 84 valence electrons. The number of carbonyl (C=O) groups excluding carboxylic acids is 2. The lowest BCUT2D eigenvalue weighted by Gasteiger charge is -2.03. The van der Waals surface area contributed by atoms with E-state index in [1.807, 2.05) is 0 Å². The summed E-state index contributed by atoms with van der Waals surface area (Å²) in [6.07, 6.45) is 4.16. The Morgan fingerprint density at radius 3 is 2.75 bits per heavy atom. The van der Waals surface area contributed by atoms with E-state index >= 15 is 0 Å². The van der Waals surface area contributed by atoms with Crippen LogP contribution in [0.4, 0.5) is 5.82 Å². The molecule has 0 saturated carbocycles. The van der Waals surface area contributed by atoms with Gasteiger partial charge in [-0.25, -0.2) is 4.98 Å². The van der Waals surface area contributed by atoms with Gasteiger partial charge >= 0.3 is 0 Å². The van der Waals surface area contributed by atoms with Crippen LogP contribution in [0.1, 0.15) is 30.1 Å². The fraction of sp³-hybridized carbons (Fsp3) is 0.250. The molecule has 1 heterocycles. The average Bonchev–Trinajstić information content (AvgIpc) is 2.27. The largest absolute Gasteiger partial charge is 0.311 e. The highest BCUT2D eigenvalue weighted by Crippen LogP contribution is 2.06. The number of pyridine rings is 1. The predicted molar refractivity (Wildman–Crippen MR) is 62.3 cm³/mol. The highest BCUT2D eigenvalue weighted by atomic mass is 16.1. The van der Waals surface area contributed by atoms with E-state index in [4.69, 9.17) is 0 Å². The summed E-state index contributed by atoms with van der Waals surface area (Å²) >= 11 is 0. The van der Waals surface area contributed by atoms with Crippen LogP contribution in [0, 0.1) is 0 Å². The summed E-state index contributed by atoms with van der Waals surface area (Å²) in [6, 6.07) is 3.25. The maximum atomic E-state index is 11.3. The summed E-state index contributed by atoms with van der Waals surface area (Å²) in [4.78, 5) is 26.3. The van der Waals surface area contributed by atoms with Crippen molar-refractivity contribution in [3.05, 3.63) is 36.5 Å². The third kappa shape index (κ3) is 3.65. The van der Waals surface area contributed by atoms with E-state index in [0.717, 1.165) is 0 Å². The van der Waals surface area contributed by atoms with Gasteiger partial charge in [0.25, 0.3) is 0 Å². The first-order chi connectivity index (χ1) is 7.63. The van der Waals surface area contributed by atoms with Crippen LogP contribution in [0.5, 0.6) is 0 Å². The first-order valence-electron chi connectivity index (χ1n) is 5.01. The monoisotopic (exact) mass is 218 g/mol. The van der Waals surface area contributed by atoms with E-state index in [0.29, 0.717) is 24.2 Å². The SMILES string of the molecule is C=CCCC(=O)Nc1ccc(C(C)=O)cn1.